The molecule has 0 saturated carbocycles. The minimum absolute atomic E-state index is 0.0257. The maximum atomic E-state index is 11.1. The lowest BCUT2D eigenvalue weighted by atomic mass is 9.88. The Balaban J connectivity index is 3.17. The molecule has 1 rings (SSSR count). The molecule has 1 aromatic rings. The SMILES string of the molecule is C#CCCC(CC#C)c1cc(O)ccc1C(=O)O. The molecule has 0 aromatic heterocycles. The molecular formula is C15H14O3. The van der Waals surface area contributed by atoms with Gasteiger partial charge in [-0.3, -0.25) is 0 Å². The lowest BCUT2D eigenvalue weighted by Crippen LogP contribution is -2.07. The van der Waals surface area contributed by atoms with Crippen LogP contribution < -0.4 is 0 Å². The van der Waals surface area contributed by atoms with Gasteiger partial charge in [-0.2, -0.15) is 0 Å². The van der Waals surface area contributed by atoms with Crippen molar-refractivity contribution in [1.82, 2.24) is 0 Å². The number of phenolic OH excluding ortho intramolecular Hbond substituents is 1. The van der Waals surface area contributed by atoms with Crippen molar-refractivity contribution in [3.63, 3.8) is 0 Å². The van der Waals surface area contributed by atoms with Crippen molar-refractivity contribution in [2.24, 2.45) is 0 Å². The highest BCUT2D eigenvalue weighted by Crippen LogP contribution is 2.30. The van der Waals surface area contributed by atoms with E-state index in [-0.39, 0.29) is 17.2 Å². The zero-order valence-corrected chi connectivity index (χ0v) is 9.89. The first-order chi connectivity index (χ1) is 8.60. The van der Waals surface area contributed by atoms with Gasteiger partial charge in [0.05, 0.1) is 5.56 Å². The van der Waals surface area contributed by atoms with Crippen molar-refractivity contribution in [2.75, 3.05) is 0 Å². The van der Waals surface area contributed by atoms with Gasteiger partial charge in [-0.15, -0.1) is 24.7 Å². The Morgan fingerprint density at radius 3 is 2.61 bits per heavy atom. The van der Waals surface area contributed by atoms with E-state index in [2.05, 4.69) is 11.8 Å². The smallest absolute Gasteiger partial charge is 0.335 e. The van der Waals surface area contributed by atoms with Crippen molar-refractivity contribution < 1.29 is 15.0 Å². The Hall–Kier alpha value is -2.39. The first kappa shape index (κ1) is 13.7. The van der Waals surface area contributed by atoms with Crippen molar-refractivity contribution in [3.8, 4) is 30.4 Å². The quantitative estimate of drug-likeness (QED) is 0.780. The van der Waals surface area contributed by atoms with Crippen LogP contribution >= 0.6 is 0 Å². The largest absolute Gasteiger partial charge is 0.508 e. The van der Waals surface area contributed by atoms with E-state index in [1.165, 1.54) is 18.2 Å². The zero-order chi connectivity index (χ0) is 13.5. The number of hydrogen-bond acceptors (Lipinski definition) is 2. The van der Waals surface area contributed by atoms with Crippen LogP contribution in [0.5, 0.6) is 5.75 Å². The highest BCUT2D eigenvalue weighted by atomic mass is 16.4. The van der Waals surface area contributed by atoms with Crippen molar-refractivity contribution >= 4 is 5.97 Å². The number of carbonyl (C=O) groups is 1. The molecule has 0 bridgehead atoms. The van der Waals surface area contributed by atoms with Crippen LogP contribution in [-0.2, 0) is 0 Å². The predicted octanol–water partition coefficient (Wildman–Crippen LogP) is 2.61. The molecule has 0 aliphatic carbocycles. The molecule has 0 fully saturated rings. The molecule has 1 unspecified atom stereocenters. The summed E-state index contributed by atoms with van der Waals surface area (Å²) in [6, 6.07) is 4.18. The second kappa shape index (κ2) is 6.37. The number of benzene rings is 1. The normalized spacial score (nSPS) is 11.2. The molecule has 0 aliphatic rings. The molecule has 0 radical (unpaired) electrons. The number of hydrogen-bond donors (Lipinski definition) is 2. The molecule has 0 aliphatic heterocycles. The molecule has 3 heteroatoms. The summed E-state index contributed by atoms with van der Waals surface area (Å²) < 4.78 is 0. The fourth-order valence-corrected chi connectivity index (χ4v) is 1.85. The summed E-state index contributed by atoms with van der Waals surface area (Å²) >= 11 is 0. The standard InChI is InChI=1S/C15H14O3/c1-3-5-7-11(6-4-2)14-10-12(16)8-9-13(14)15(17)18/h1-2,8-11,16H,5-7H2,(H,17,18). The van der Waals surface area contributed by atoms with Crippen LogP contribution in [0.3, 0.4) is 0 Å². The molecule has 3 nitrogen and oxygen atoms in total. The number of aromatic hydroxyl groups is 1. The summed E-state index contributed by atoms with van der Waals surface area (Å²) in [5.74, 6) is 3.87. The molecule has 18 heavy (non-hydrogen) atoms. The van der Waals surface area contributed by atoms with E-state index in [4.69, 9.17) is 18.0 Å². The fraction of sp³-hybridized carbons (Fsp3) is 0.267. The minimum atomic E-state index is -1.03. The zero-order valence-electron chi connectivity index (χ0n) is 9.89. The number of carboxylic acid groups (broad SMARTS) is 1. The number of terminal acetylenes is 2. The lowest BCUT2D eigenvalue weighted by Gasteiger charge is -2.16. The van der Waals surface area contributed by atoms with Gasteiger partial charge in [0, 0.05) is 12.8 Å². The average Bonchev–Trinajstić information content (AvgIpc) is 2.34. The molecule has 0 amide bonds. The number of rotatable bonds is 5. The number of phenols is 1. The average molecular weight is 242 g/mol. The lowest BCUT2D eigenvalue weighted by molar-refractivity contribution is 0.0695. The summed E-state index contributed by atoms with van der Waals surface area (Å²) in [4.78, 5) is 11.1. The maximum absolute atomic E-state index is 11.1. The molecule has 0 heterocycles. The number of carboxylic acids is 1. The van der Waals surface area contributed by atoms with E-state index in [9.17, 15) is 9.90 Å². The van der Waals surface area contributed by atoms with E-state index in [0.29, 0.717) is 24.8 Å². The highest BCUT2D eigenvalue weighted by Gasteiger charge is 2.18. The molecule has 2 N–H and O–H groups in total. The highest BCUT2D eigenvalue weighted by molar-refractivity contribution is 5.89. The van der Waals surface area contributed by atoms with Gasteiger partial charge in [0.1, 0.15) is 5.75 Å². The first-order valence-electron chi connectivity index (χ1n) is 5.53. The van der Waals surface area contributed by atoms with Gasteiger partial charge >= 0.3 is 5.97 Å². The van der Waals surface area contributed by atoms with Crippen LogP contribution in [0.25, 0.3) is 0 Å². The molecule has 0 spiro atoms. The van der Waals surface area contributed by atoms with E-state index in [0.717, 1.165) is 0 Å². The Kier molecular flexibility index (Phi) is 4.84. The second-order valence-corrected chi connectivity index (χ2v) is 3.92. The molecule has 92 valence electrons. The topological polar surface area (TPSA) is 57.5 Å². The van der Waals surface area contributed by atoms with Crippen LogP contribution in [0.1, 0.15) is 41.1 Å². The Morgan fingerprint density at radius 1 is 1.33 bits per heavy atom. The second-order valence-electron chi connectivity index (χ2n) is 3.92. The van der Waals surface area contributed by atoms with E-state index < -0.39 is 5.97 Å². The van der Waals surface area contributed by atoms with E-state index in [1.807, 2.05) is 0 Å². The van der Waals surface area contributed by atoms with Gasteiger partial charge in [0.2, 0.25) is 0 Å². The third kappa shape index (κ3) is 3.30. The van der Waals surface area contributed by atoms with Crippen LogP contribution in [0.15, 0.2) is 18.2 Å². The Bertz CT molecular complexity index is 518. The van der Waals surface area contributed by atoms with Gasteiger partial charge in [-0.25, -0.2) is 4.79 Å². The van der Waals surface area contributed by atoms with E-state index in [1.54, 1.807) is 0 Å². The fourth-order valence-electron chi connectivity index (χ4n) is 1.85. The summed E-state index contributed by atoms with van der Waals surface area (Å²) in [6.07, 6.45) is 12.0. The Labute approximate surface area is 106 Å². The molecule has 1 atom stereocenters. The summed E-state index contributed by atoms with van der Waals surface area (Å²) in [5, 5.41) is 18.6. The first-order valence-corrected chi connectivity index (χ1v) is 5.53. The van der Waals surface area contributed by atoms with Gasteiger partial charge in [0.15, 0.2) is 0 Å². The van der Waals surface area contributed by atoms with Gasteiger partial charge in [0.25, 0.3) is 0 Å². The summed E-state index contributed by atoms with van der Waals surface area (Å²) in [6.45, 7) is 0. The maximum Gasteiger partial charge on any atom is 0.335 e. The van der Waals surface area contributed by atoms with Gasteiger partial charge in [-0.05, 0) is 36.1 Å². The monoisotopic (exact) mass is 242 g/mol. The third-order valence-corrected chi connectivity index (χ3v) is 2.71. The van der Waals surface area contributed by atoms with Crippen LogP contribution in [0.2, 0.25) is 0 Å². The van der Waals surface area contributed by atoms with Crippen LogP contribution in [0, 0.1) is 24.7 Å². The van der Waals surface area contributed by atoms with Gasteiger partial charge < -0.3 is 10.2 Å². The predicted molar refractivity (Wildman–Crippen MR) is 69.3 cm³/mol. The van der Waals surface area contributed by atoms with Gasteiger partial charge in [-0.1, -0.05) is 0 Å². The molecular weight excluding hydrogens is 228 g/mol. The van der Waals surface area contributed by atoms with Crippen molar-refractivity contribution in [2.45, 2.75) is 25.2 Å². The third-order valence-electron chi connectivity index (χ3n) is 2.71. The molecule has 0 saturated heterocycles. The van der Waals surface area contributed by atoms with Crippen LogP contribution in [-0.4, -0.2) is 16.2 Å². The minimum Gasteiger partial charge on any atom is -0.508 e. The Morgan fingerprint density at radius 2 is 2.06 bits per heavy atom. The van der Waals surface area contributed by atoms with E-state index >= 15 is 0 Å². The summed E-state index contributed by atoms with van der Waals surface area (Å²) in [5.41, 5.74) is 0.695. The number of aromatic carboxylic acids is 1. The van der Waals surface area contributed by atoms with Crippen molar-refractivity contribution in [3.05, 3.63) is 29.3 Å². The molecule has 1 aromatic carbocycles. The van der Waals surface area contributed by atoms with Crippen molar-refractivity contribution in [1.29, 1.82) is 0 Å². The summed E-state index contributed by atoms with van der Waals surface area (Å²) in [7, 11) is 0. The van der Waals surface area contributed by atoms with Crippen LogP contribution in [0.4, 0.5) is 0 Å².